The summed E-state index contributed by atoms with van der Waals surface area (Å²) in [6.07, 6.45) is 0.855. The lowest BCUT2D eigenvalue weighted by Crippen LogP contribution is -2.37. The second kappa shape index (κ2) is 8.31. The normalized spacial score (nSPS) is 12.6. The van der Waals surface area contributed by atoms with Crippen molar-refractivity contribution < 1.29 is 0 Å². The number of nitrogens with two attached hydrogens (primary N) is 3. The topological polar surface area (TPSA) is 103 Å². The van der Waals surface area contributed by atoms with Crippen LogP contribution in [0.25, 0.3) is 0 Å². The van der Waals surface area contributed by atoms with Crippen LogP contribution in [0.4, 0.5) is 17.3 Å². The molecule has 1 aromatic heterocycles. The number of nitrogens with one attached hydrogen (secondary N) is 1. The Kier molecular flexibility index (Phi) is 5.85. The van der Waals surface area contributed by atoms with E-state index in [1.54, 1.807) is 0 Å². The molecule has 1 atom stereocenters. The molecule has 2 aromatic carbocycles. The largest absolute Gasteiger partial charge is 0.396 e. The Morgan fingerprint density at radius 2 is 1.54 bits per heavy atom. The van der Waals surface area contributed by atoms with Crippen molar-refractivity contribution in [1.82, 2.24) is 10.3 Å². The van der Waals surface area contributed by atoms with Crippen LogP contribution < -0.4 is 22.5 Å². The molecule has 7 N–H and O–H groups in total. The molecule has 0 bridgehead atoms. The number of benzene rings is 2. The van der Waals surface area contributed by atoms with Gasteiger partial charge in [-0.15, -0.1) is 0 Å². The van der Waals surface area contributed by atoms with E-state index in [9.17, 15) is 0 Å². The van der Waals surface area contributed by atoms with Gasteiger partial charge in [-0.05, 0) is 49.6 Å². The smallest absolute Gasteiger partial charge is 0.149 e. The van der Waals surface area contributed by atoms with E-state index in [0.717, 1.165) is 18.5 Å². The third-order valence-corrected chi connectivity index (χ3v) is 5.21. The summed E-state index contributed by atoms with van der Waals surface area (Å²) in [6.45, 7) is 5.19. The summed E-state index contributed by atoms with van der Waals surface area (Å²) in [7, 11) is 0. The molecular formula is C23H29N5. The molecule has 3 aromatic rings. The van der Waals surface area contributed by atoms with E-state index in [1.165, 1.54) is 11.1 Å². The first-order valence-corrected chi connectivity index (χ1v) is 9.55. The molecule has 5 nitrogen and oxygen atoms in total. The zero-order chi connectivity index (χ0) is 20.1. The fourth-order valence-corrected chi connectivity index (χ4v) is 3.58. The summed E-state index contributed by atoms with van der Waals surface area (Å²) in [5, 5.41) is 3.68. The first-order valence-electron chi connectivity index (χ1n) is 9.55. The van der Waals surface area contributed by atoms with Crippen LogP contribution in [0, 0.1) is 0 Å². The van der Waals surface area contributed by atoms with Crippen molar-refractivity contribution in [2.24, 2.45) is 0 Å². The van der Waals surface area contributed by atoms with E-state index < -0.39 is 0 Å². The van der Waals surface area contributed by atoms with E-state index in [1.807, 2.05) is 30.3 Å². The molecule has 5 heteroatoms. The van der Waals surface area contributed by atoms with Gasteiger partial charge in [-0.2, -0.15) is 0 Å². The molecule has 146 valence electrons. The molecule has 0 saturated heterocycles. The number of rotatable bonds is 7. The van der Waals surface area contributed by atoms with Crippen molar-refractivity contribution in [1.29, 1.82) is 0 Å². The number of nitrogens with zero attached hydrogens (tertiary/aromatic N) is 1. The average molecular weight is 376 g/mol. The van der Waals surface area contributed by atoms with E-state index >= 15 is 0 Å². The highest BCUT2D eigenvalue weighted by Crippen LogP contribution is 2.35. The maximum Gasteiger partial charge on any atom is 0.149 e. The molecule has 28 heavy (non-hydrogen) atoms. The first kappa shape index (κ1) is 19.7. The van der Waals surface area contributed by atoms with Gasteiger partial charge in [-0.1, -0.05) is 60.7 Å². The van der Waals surface area contributed by atoms with Gasteiger partial charge in [0.05, 0.1) is 5.69 Å². The highest BCUT2D eigenvalue weighted by atomic mass is 15.0. The van der Waals surface area contributed by atoms with Crippen LogP contribution in [-0.4, -0.2) is 11.5 Å². The number of hydrogen-bond acceptors (Lipinski definition) is 5. The fourth-order valence-electron chi connectivity index (χ4n) is 3.58. The Morgan fingerprint density at radius 3 is 2.18 bits per heavy atom. The summed E-state index contributed by atoms with van der Waals surface area (Å²) in [4.78, 5) is 4.08. The summed E-state index contributed by atoms with van der Waals surface area (Å²) < 4.78 is 0. The highest BCUT2D eigenvalue weighted by molar-refractivity contribution is 5.68. The van der Waals surface area contributed by atoms with Gasteiger partial charge in [0, 0.05) is 11.5 Å². The average Bonchev–Trinajstić information content (AvgIpc) is 2.70. The molecule has 1 heterocycles. The van der Waals surface area contributed by atoms with Crippen LogP contribution in [0.1, 0.15) is 42.9 Å². The maximum atomic E-state index is 6.27. The Morgan fingerprint density at radius 1 is 0.929 bits per heavy atom. The van der Waals surface area contributed by atoms with Crippen molar-refractivity contribution in [3.8, 4) is 0 Å². The monoisotopic (exact) mass is 375 g/mol. The van der Waals surface area contributed by atoms with Crippen molar-refractivity contribution in [3.63, 3.8) is 0 Å². The standard InChI is InChI=1S/C23H29N5/c1-23(2,17-11-7-4-8-12-17)27-14-13-18(16-9-5-3-6-10-16)19-15-20(24)28-22(26)21(19)25/h3-12,15,18,27H,13-14,25H2,1-2H3,(H4,24,26,28). The van der Waals surface area contributed by atoms with Gasteiger partial charge in [-0.3, -0.25) is 0 Å². The lowest BCUT2D eigenvalue weighted by molar-refractivity contribution is 0.395. The first-order chi connectivity index (χ1) is 13.4. The number of aromatic nitrogens is 1. The predicted octanol–water partition coefficient (Wildman–Crippen LogP) is 3.88. The second-order valence-corrected chi connectivity index (χ2v) is 7.61. The van der Waals surface area contributed by atoms with Crippen LogP contribution >= 0.6 is 0 Å². The number of pyridine rings is 1. The van der Waals surface area contributed by atoms with E-state index in [4.69, 9.17) is 17.2 Å². The van der Waals surface area contributed by atoms with Crippen LogP contribution in [-0.2, 0) is 5.54 Å². The number of hydrogen-bond donors (Lipinski definition) is 4. The zero-order valence-corrected chi connectivity index (χ0v) is 16.5. The van der Waals surface area contributed by atoms with E-state index in [0.29, 0.717) is 11.5 Å². The molecule has 0 fully saturated rings. The van der Waals surface area contributed by atoms with Crippen LogP contribution in [0.5, 0.6) is 0 Å². The Balaban J connectivity index is 1.84. The molecule has 0 aliphatic carbocycles. The maximum absolute atomic E-state index is 6.27. The quantitative estimate of drug-likeness (QED) is 0.502. The molecule has 0 aliphatic heterocycles. The highest BCUT2D eigenvalue weighted by Gasteiger charge is 2.23. The Labute approximate surface area is 167 Å². The summed E-state index contributed by atoms with van der Waals surface area (Å²) in [5.41, 5.74) is 21.9. The van der Waals surface area contributed by atoms with Gasteiger partial charge >= 0.3 is 0 Å². The predicted molar refractivity (Wildman–Crippen MR) is 118 cm³/mol. The Hall–Kier alpha value is -3.05. The minimum Gasteiger partial charge on any atom is -0.396 e. The summed E-state index contributed by atoms with van der Waals surface area (Å²) in [5.74, 6) is 0.751. The summed E-state index contributed by atoms with van der Waals surface area (Å²) in [6, 6.07) is 22.6. The van der Waals surface area contributed by atoms with Gasteiger partial charge in [-0.25, -0.2) is 4.98 Å². The van der Waals surface area contributed by atoms with Crippen LogP contribution in [0.3, 0.4) is 0 Å². The fraction of sp³-hybridized carbons (Fsp3) is 0.261. The minimum absolute atomic E-state index is 0.0767. The van der Waals surface area contributed by atoms with Crippen molar-refractivity contribution in [2.75, 3.05) is 23.7 Å². The molecule has 1 unspecified atom stereocenters. The van der Waals surface area contributed by atoms with Gasteiger partial charge in [0.15, 0.2) is 0 Å². The summed E-state index contributed by atoms with van der Waals surface area (Å²) >= 11 is 0. The Bertz CT molecular complexity index is 907. The molecular weight excluding hydrogens is 346 g/mol. The lowest BCUT2D eigenvalue weighted by Gasteiger charge is -2.29. The third kappa shape index (κ3) is 4.43. The molecule has 0 spiro atoms. The molecule has 0 aliphatic rings. The van der Waals surface area contributed by atoms with Gasteiger partial charge < -0.3 is 22.5 Å². The second-order valence-electron chi connectivity index (χ2n) is 7.61. The molecule has 0 saturated carbocycles. The van der Waals surface area contributed by atoms with Gasteiger partial charge in [0.1, 0.15) is 11.6 Å². The van der Waals surface area contributed by atoms with Crippen LogP contribution in [0.2, 0.25) is 0 Å². The SMILES string of the molecule is CC(C)(NCCC(c1ccccc1)c1cc(N)nc(N)c1N)c1ccccc1. The van der Waals surface area contributed by atoms with E-state index in [2.05, 4.69) is 60.5 Å². The third-order valence-electron chi connectivity index (χ3n) is 5.21. The van der Waals surface area contributed by atoms with Gasteiger partial charge in [0.25, 0.3) is 0 Å². The van der Waals surface area contributed by atoms with Crippen molar-refractivity contribution >= 4 is 17.3 Å². The molecule has 0 amide bonds. The van der Waals surface area contributed by atoms with Gasteiger partial charge in [0.2, 0.25) is 0 Å². The van der Waals surface area contributed by atoms with Crippen molar-refractivity contribution in [2.45, 2.75) is 31.7 Å². The number of nitrogen functional groups attached to an aromatic ring is 3. The minimum atomic E-state index is -0.135. The van der Waals surface area contributed by atoms with Crippen LogP contribution in [0.15, 0.2) is 66.7 Å². The molecule has 3 rings (SSSR count). The lowest BCUT2D eigenvalue weighted by atomic mass is 9.87. The van der Waals surface area contributed by atoms with Crippen molar-refractivity contribution in [3.05, 3.63) is 83.4 Å². The molecule has 0 radical (unpaired) electrons. The zero-order valence-electron chi connectivity index (χ0n) is 16.5. The number of anilines is 3. The van der Waals surface area contributed by atoms with E-state index in [-0.39, 0.29) is 17.3 Å².